The summed E-state index contributed by atoms with van der Waals surface area (Å²) in [5.41, 5.74) is 2.63. The largest absolute Gasteiger partial charge is 0.494 e. The van der Waals surface area contributed by atoms with Gasteiger partial charge < -0.3 is 9.47 Å². The molecule has 2 aliphatic heterocycles. The van der Waals surface area contributed by atoms with Crippen molar-refractivity contribution >= 4 is 29.2 Å². The third-order valence-electron chi connectivity index (χ3n) is 6.49. The van der Waals surface area contributed by atoms with Crippen molar-refractivity contribution in [1.82, 2.24) is 9.91 Å². The highest BCUT2D eigenvalue weighted by molar-refractivity contribution is 6.34. The minimum Gasteiger partial charge on any atom is -0.494 e. The number of benzene rings is 2. The van der Waals surface area contributed by atoms with Crippen LogP contribution in [0.5, 0.6) is 5.75 Å². The summed E-state index contributed by atoms with van der Waals surface area (Å²) >= 11 is 6.45. The standard InChI is InChI=1S/C27H32ClN3O4/c1-3-34-21-11-9-19(10-12-21)25-17-24(22-7-5-6-8-23(22)28)29-31(25)26(32)18-30-15-13-20(14-16-30)27(33)35-4-2/h5-12,20,25H,3-4,13-18H2,1-2H3/t25-/m0/s1. The van der Waals surface area contributed by atoms with Crippen molar-refractivity contribution in [2.24, 2.45) is 11.0 Å². The number of hydrogen-bond donors (Lipinski definition) is 0. The molecule has 0 N–H and O–H groups in total. The van der Waals surface area contributed by atoms with Crippen molar-refractivity contribution in [3.05, 3.63) is 64.7 Å². The van der Waals surface area contributed by atoms with Crippen LogP contribution in [0.1, 0.15) is 50.3 Å². The van der Waals surface area contributed by atoms with E-state index in [2.05, 4.69) is 4.90 Å². The Hall–Kier alpha value is -2.90. The van der Waals surface area contributed by atoms with E-state index in [0.29, 0.717) is 50.6 Å². The van der Waals surface area contributed by atoms with E-state index in [1.165, 1.54) is 0 Å². The monoisotopic (exact) mass is 497 g/mol. The number of hydrazone groups is 1. The summed E-state index contributed by atoms with van der Waals surface area (Å²) in [4.78, 5) is 27.6. The number of carbonyl (C=O) groups excluding carboxylic acids is 2. The normalized spacial score (nSPS) is 18.9. The molecule has 0 aliphatic carbocycles. The van der Waals surface area contributed by atoms with Gasteiger partial charge in [0.2, 0.25) is 0 Å². The summed E-state index contributed by atoms with van der Waals surface area (Å²) in [7, 11) is 0. The minimum absolute atomic E-state index is 0.0690. The fraction of sp³-hybridized carbons (Fsp3) is 0.444. The lowest BCUT2D eigenvalue weighted by Crippen LogP contribution is -2.43. The van der Waals surface area contributed by atoms with Gasteiger partial charge in [-0.2, -0.15) is 5.10 Å². The second-order valence-electron chi connectivity index (χ2n) is 8.79. The Balaban J connectivity index is 1.50. The summed E-state index contributed by atoms with van der Waals surface area (Å²) in [5.74, 6) is 0.501. The summed E-state index contributed by atoms with van der Waals surface area (Å²) < 4.78 is 10.7. The first-order chi connectivity index (χ1) is 17.0. The van der Waals surface area contributed by atoms with Gasteiger partial charge in [0.1, 0.15) is 5.75 Å². The van der Waals surface area contributed by atoms with E-state index in [0.717, 1.165) is 22.6 Å². The van der Waals surface area contributed by atoms with Crippen molar-refractivity contribution in [2.75, 3.05) is 32.8 Å². The number of amides is 1. The number of halogens is 1. The minimum atomic E-state index is -0.221. The zero-order chi connectivity index (χ0) is 24.8. The van der Waals surface area contributed by atoms with Gasteiger partial charge in [-0.25, -0.2) is 5.01 Å². The van der Waals surface area contributed by atoms with E-state index in [1.54, 1.807) is 5.01 Å². The van der Waals surface area contributed by atoms with Crippen molar-refractivity contribution in [2.45, 2.75) is 39.2 Å². The molecule has 0 aromatic heterocycles. The number of carbonyl (C=O) groups is 2. The number of rotatable bonds is 8. The van der Waals surface area contributed by atoms with Gasteiger partial charge in [-0.15, -0.1) is 0 Å². The van der Waals surface area contributed by atoms with E-state index < -0.39 is 0 Å². The Morgan fingerprint density at radius 1 is 1.03 bits per heavy atom. The molecular weight excluding hydrogens is 466 g/mol. The van der Waals surface area contributed by atoms with Crippen LogP contribution >= 0.6 is 11.6 Å². The third kappa shape index (κ3) is 6.03. The molecule has 2 aromatic rings. The first-order valence-corrected chi connectivity index (χ1v) is 12.6. The third-order valence-corrected chi connectivity index (χ3v) is 6.82. The van der Waals surface area contributed by atoms with Crippen LogP contribution in [0.25, 0.3) is 0 Å². The van der Waals surface area contributed by atoms with Gasteiger partial charge in [0.25, 0.3) is 5.91 Å². The molecule has 2 aromatic carbocycles. The van der Waals surface area contributed by atoms with Crippen molar-refractivity contribution in [1.29, 1.82) is 0 Å². The molecule has 0 spiro atoms. The maximum Gasteiger partial charge on any atom is 0.309 e. The van der Waals surface area contributed by atoms with E-state index >= 15 is 0 Å². The van der Waals surface area contributed by atoms with Crippen LogP contribution in [0.3, 0.4) is 0 Å². The van der Waals surface area contributed by atoms with Crippen molar-refractivity contribution in [3.63, 3.8) is 0 Å². The Morgan fingerprint density at radius 2 is 1.74 bits per heavy atom. The molecule has 8 heteroatoms. The molecule has 35 heavy (non-hydrogen) atoms. The highest BCUT2D eigenvalue weighted by Crippen LogP contribution is 2.35. The highest BCUT2D eigenvalue weighted by atomic mass is 35.5. The van der Waals surface area contributed by atoms with Crippen LogP contribution in [-0.2, 0) is 14.3 Å². The molecule has 7 nitrogen and oxygen atoms in total. The summed E-state index contributed by atoms with van der Waals surface area (Å²) in [5, 5.41) is 6.97. The molecule has 2 aliphatic rings. The lowest BCUT2D eigenvalue weighted by molar-refractivity contribution is -0.149. The Morgan fingerprint density at radius 3 is 2.40 bits per heavy atom. The molecule has 0 bridgehead atoms. The Bertz CT molecular complexity index is 1060. The summed E-state index contributed by atoms with van der Waals surface area (Å²) in [6.07, 6.45) is 1.97. The lowest BCUT2D eigenvalue weighted by Gasteiger charge is -2.32. The van der Waals surface area contributed by atoms with E-state index in [4.69, 9.17) is 26.2 Å². The Kier molecular flexibility index (Phi) is 8.42. The topological polar surface area (TPSA) is 71.4 Å². The first kappa shape index (κ1) is 25.2. The molecule has 1 saturated heterocycles. The number of esters is 1. The maximum absolute atomic E-state index is 13.5. The van der Waals surface area contributed by atoms with Gasteiger partial charge >= 0.3 is 5.97 Å². The molecule has 1 amide bonds. The SMILES string of the molecule is CCOC(=O)C1CCN(CC(=O)N2N=C(c3ccccc3Cl)C[C@H]2c2ccc(OCC)cc2)CC1. The fourth-order valence-electron chi connectivity index (χ4n) is 4.66. The van der Waals surface area contributed by atoms with Gasteiger partial charge in [0, 0.05) is 17.0 Å². The van der Waals surface area contributed by atoms with Gasteiger partial charge in [0.15, 0.2) is 0 Å². The van der Waals surface area contributed by atoms with Gasteiger partial charge in [0.05, 0.1) is 37.4 Å². The second-order valence-corrected chi connectivity index (χ2v) is 9.20. The predicted molar refractivity (Wildman–Crippen MR) is 136 cm³/mol. The van der Waals surface area contributed by atoms with E-state index in [9.17, 15) is 9.59 Å². The molecule has 2 heterocycles. The quantitative estimate of drug-likeness (QED) is 0.495. The van der Waals surface area contributed by atoms with E-state index in [-0.39, 0.29) is 30.4 Å². The van der Waals surface area contributed by atoms with Gasteiger partial charge in [-0.1, -0.05) is 41.9 Å². The number of ether oxygens (including phenoxy) is 2. The predicted octanol–water partition coefficient (Wildman–Crippen LogP) is 4.69. The number of nitrogens with zero attached hydrogens (tertiary/aromatic N) is 3. The molecule has 0 unspecified atom stereocenters. The van der Waals surface area contributed by atoms with Crippen LogP contribution in [0.4, 0.5) is 0 Å². The van der Waals surface area contributed by atoms with E-state index in [1.807, 2.05) is 62.4 Å². The zero-order valence-electron chi connectivity index (χ0n) is 20.3. The van der Waals surface area contributed by atoms with Crippen LogP contribution in [0.15, 0.2) is 53.6 Å². The van der Waals surface area contributed by atoms with Crippen molar-refractivity contribution < 1.29 is 19.1 Å². The van der Waals surface area contributed by atoms with Gasteiger partial charge in [-0.3, -0.25) is 14.5 Å². The number of likely N-dealkylation sites (tertiary alicyclic amines) is 1. The Labute approximate surface area is 211 Å². The zero-order valence-corrected chi connectivity index (χ0v) is 21.0. The van der Waals surface area contributed by atoms with Crippen LogP contribution in [0.2, 0.25) is 5.02 Å². The molecule has 1 fully saturated rings. The molecule has 1 atom stereocenters. The molecule has 0 radical (unpaired) electrons. The van der Waals surface area contributed by atoms with Gasteiger partial charge in [-0.05, 0) is 63.5 Å². The molecule has 0 saturated carbocycles. The first-order valence-electron chi connectivity index (χ1n) is 12.3. The summed E-state index contributed by atoms with van der Waals surface area (Å²) in [6, 6.07) is 15.2. The molecule has 186 valence electrons. The van der Waals surface area contributed by atoms with Crippen LogP contribution in [-0.4, -0.2) is 60.3 Å². The number of hydrogen-bond acceptors (Lipinski definition) is 6. The summed E-state index contributed by atoms with van der Waals surface area (Å²) in [6.45, 7) is 6.37. The number of piperidine rings is 1. The molecular formula is C27H32ClN3O4. The second kappa shape index (κ2) is 11.7. The average Bonchev–Trinajstić information content (AvgIpc) is 3.31. The van der Waals surface area contributed by atoms with Crippen molar-refractivity contribution in [3.8, 4) is 5.75 Å². The smallest absolute Gasteiger partial charge is 0.309 e. The lowest BCUT2D eigenvalue weighted by atomic mass is 9.97. The van der Waals surface area contributed by atoms with Crippen LogP contribution < -0.4 is 4.74 Å². The highest BCUT2D eigenvalue weighted by Gasteiger charge is 2.35. The average molecular weight is 498 g/mol. The van der Waals surface area contributed by atoms with Crippen LogP contribution in [0, 0.1) is 5.92 Å². The fourth-order valence-corrected chi connectivity index (χ4v) is 4.91. The molecule has 4 rings (SSSR count). The maximum atomic E-state index is 13.5.